The molecule has 6 nitrogen and oxygen atoms in total. The van der Waals surface area contributed by atoms with E-state index in [1.54, 1.807) is 0 Å². The maximum atomic E-state index is 13.8. The molecule has 1 heterocycles. The fourth-order valence-electron chi connectivity index (χ4n) is 3.43. The lowest BCUT2D eigenvalue weighted by molar-refractivity contribution is -0.118. The molecule has 0 radical (unpaired) electrons. The first kappa shape index (κ1) is 19.7. The lowest BCUT2D eigenvalue weighted by Crippen LogP contribution is -2.28. The minimum absolute atomic E-state index is 0.0915. The highest BCUT2D eigenvalue weighted by molar-refractivity contribution is 6.29. The van der Waals surface area contributed by atoms with E-state index in [2.05, 4.69) is 15.3 Å². The molecule has 28 heavy (non-hydrogen) atoms. The van der Waals surface area contributed by atoms with Gasteiger partial charge in [-0.05, 0) is 30.0 Å². The number of carbonyl (C=O) groups excluding carboxylic acids is 1. The van der Waals surface area contributed by atoms with Gasteiger partial charge >= 0.3 is 0 Å². The first-order valence-corrected chi connectivity index (χ1v) is 8.81. The summed E-state index contributed by atoms with van der Waals surface area (Å²) >= 11 is 5.68. The van der Waals surface area contributed by atoms with Gasteiger partial charge in [-0.25, -0.2) is 18.7 Å². The van der Waals surface area contributed by atoms with E-state index in [1.807, 2.05) is 12.1 Å². The topological polar surface area (TPSA) is 102 Å². The largest absolute Gasteiger partial charge is 0.309 e. The predicted molar refractivity (Wildman–Crippen MR) is 96.6 cm³/mol. The molecule has 1 saturated carbocycles. The number of anilines is 1. The summed E-state index contributed by atoms with van der Waals surface area (Å²) in [5, 5.41) is 21.1. The van der Waals surface area contributed by atoms with Gasteiger partial charge < -0.3 is 5.32 Å². The molecular formula is C19H14ClF2N5O. The summed E-state index contributed by atoms with van der Waals surface area (Å²) in [6.45, 7) is 0. The molecule has 2 aromatic rings. The zero-order chi connectivity index (χ0) is 20.3. The molecule has 1 N–H and O–H groups in total. The molecule has 1 aliphatic carbocycles. The summed E-state index contributed by atoms with van der Waals surface area (Å²) < 4.78 is 27.6. The molecule has 1 aliphatic rings. The van der Waals surface area contributed by atoms with Crippen LogP contribution in [0.3, 0.4) is 0 Å². The predicted octanol–water partition coefficient (Wildman–Crippen LogP) is 4.03. The maximum absolute atomic E-state index is 13.8. The average Bonchev–Trinajstić information content (AvgIpc) is 3.03. The van der Waals surface area contributed by atoms with Gasteiger partial charge in [0, 0.05) is 12.8 Å². The Balaban J connectivity index is 1.96. The number of halogens is 3. The zero-order valence-electron chi connectivity index (χ0n) is 14.5. The standard InChI is InChI=1S/C19H14ClF2N5O/c20-15-9-26-16(10-25-15)27-18(28)17(12-3-4-19(21,22)6-12)11-1-2-13(7-23)14(5-11)8-24/h1-2,5,9-10,12,17H,3-4,6H2,(H,26,27,28)/t12-,17+/m1/s1. The second-order valence-corrected chi connectivity index (χ2v) is 6.97. The fraction of sp³-hybridized carbons (Fsp3) is 0.316. The van der Waals surface area contributed by atoms with Crippen LogP contribution in [0.2, 0.25) is 5.15 Å². The number of nitrogens with zero attached hydrogens (tertiary/aromatic N) is 4. The molecule has 0 saturated heterocycles. The van der Waals surface area contributed by atoms with Gasteiger partial charge in [0.05, 0.1) is 29.4 Å². The molecule has 3 rings (SSSR count). The minimum atomic E-state index is -2.84. The number of hydrogen-bond acceptors (Lipinski definition) is 5. The van der Waals surface area contributed by atoms with Gasteiger partial charge in [0.2, 0.25) is 11.8 Å². The Bertz CT molecular complexity index is 981. The molecule has 9 heteroatoms. The summed E-state index contributed by atoms with van der Waals surface area (Å²) in [7, 11) is 0. The van der Waals surface area contributed by atoms with Crippen molar-refractivity contribution in [2.45, 2.75) is 31.1 Å². The fourth-order valence-corrected chi connectivity index (χ4v) is 3.53. The molecule has 0 bridgehead atoms. The van der Waals surface area contributed by atoms with Crippen molar-refractivity contribution in [2.75, 3.05) is 5.32 Å². The van der Waals surface area contributed by atoms with E-state index >= 15 is 0 Å². The molecule has 0 aliphatic heterocycles. The zero-order valence-corrected chi connectivity index (χ0v) is 15.2. The molecular weight excluding hydrogens is 388 g/mol. The van der Waals surface area contributed by atoms with Crippen molar-refractivity contribution in [3.8, 4) is 12.1 Å². The van der Waals surface area contributed by atoms with Crippen LogP contribution in [0.4, 0.5) is 14.6 Å². The number of hydrogen-bond donors (Lipinski definition) is 1. The lowest BCUT2D eigenvalue weighted by atomic mass is 9.83. The van der Waals surface area contributed by atoms with E-state index in [-0.39, 0.29) is 34.9 Å². The van der Waals surface area contributed by atoms with Crippen LogP contribution in [0.25, 0.3) is 0 Å². The smallest absolute Gasteiger partial charge is 0.248 e. The van der Waals surface area contributed by atoms with Gasteiger partial charge in [-0.3, -0.25) is 4.79 Å². The normalized spacial score (nSPS) is 18.7. The third-order valence-corrected chi connectivity index (χ3v) is 4.91. The number of carbonyl (C=O) groups is 1. The molecule has 142 valence electrons. The maximum Gasteiger partial charge on any atom is 0.248 e. The first-order chi connectivity index (χ1) is 13.3. The highest BCUT2D eigenvalue weighted by atomic mass is 35.5. The molecule has 1 aromatic carbocycles. The Hall–Kier alpha value is -3.10. The second kappa shape index (κ2) is 7.87. The summed E-state index contributed by atoms with van der Waals surface area (Å²) in [6, 6.07) is 8.15. The second-order valence-electron chi connectivity index (χ2n) is 6.58. The van der Waals surface area contributed by atoms with Gasteiger partial charge in [0.25, 0.3) is 0 Å². The van der Waals surface area contributed by atoms with E-state index in [9.17, 15) is 18.8 Å². The number of alkyl halides is 2. The summed E-state index contributed by atoms with van der Waals surface area (Å²) in [5.41, 5.74) is 0.650. The Morgan fingerprint density at radius 3 is 2.57 bits per heavy atom. The van der Waals surface area contributed by atoms with Gasteiger partial charge in [-0.2, -0.15) is 10.5 Å². The highest BCUT2D eigenvalue weighted by Gasteiger charge is 2.45. The number of amides is 1. The van der Waals surface area contributed by atoms with E-state index < -0.39 is 30.1 Å². The van der Waals surface area contributed by atoms with Crippen LogP contribution in [-0.4, -0.2) is 21.8 Å². The van der Waals surface area contributed by atoms with Crippen LogP contribution in [0.1, 0.15) is 41.9 Å². The average molecular weight is 402 g/mol. The Labute approximate surface area is 164 Å². The van der Waals surface area contributed by atoms with Crippen LogP contribution in [0, 0.1) is 28.6 Å². The quantitative estimate of drug-likeness (QED) is 0.833. The Morgan fingerprint density at radius 2 is 2.00 bits per heavy atom. The van der Waals surface area contributed by atoms with Crippen molar-refractivity contribution in [3.63, 3.8) is 0 Å². The third kappa shape index (κ3) is 4.24. The van der Waals surface area contributed by atoms with Crippen LogP contribution in [-0.2, 0) is 4.79 Å². The summed E-state index contributed by atoms with van der Waals surface area (Å²) in [5.74, 6) is -4.78. The molecule has 0 spiro atoms. The molecule has 0 unspecified atom stereocenters. The van der Waals surface area contributed by atoms with E-state index in [0.717, 1.165) is 0 Å². The number of benzene rings is 1. The number of nitrogens with one attached hydrogen (secondary N) is 1. The van der Waals surface area contributed by atoms with Gasteiger partial charge in [-0.1, -0.05) is 17.7 Å². The minimum Gasteiger partial charge on any atom is -0.309 e. The SMILES string of the molecule is N#Cc1ccc([C@H](C(=O)Nc2cnc(Cl)cn2)[C@@H]2CCC(F)(F)C2)cc1C#N. The molecule has 1 amide bonds. The van der Waals surface area contributed by atoms with E-state index in [4.69, 9.17) is 16.9 Å². The first-order valence-electron chi connectivity index (χ1n) is 8.43. The Morgan fingerprint density at radius 1 is 1.25 bits per heavy atom. The number of aromatic nitrogens is 2. The molecule has 1 fully saturated rings. The van der Waals surface area contributed by atoms with Crippen LogP contribution < -0.4 is 5.32 Å². The third-order valence-electron chi connectivity index (χ3n) is 4.71. The highest BCUT2D eigenvalue weighted by Crippen LogP contribution is 2.46. The summed E-state index contributed by atoms with van der Waals surface area (Å²) in [4.78, 5) is 20.7. The lowest BCUT2D eigenvalue weighted by Gasteiger charge is -2.23. The van der Waals surface area contributed by atoms with Crippen molar-refractivity contribution in [3.05, 3.63) is 52.4 Å². The molecule has 1 aromatic heterocycles. The van der Waals surface area contributed by atoms with E-state index in [1.165, 1.54) is 30.6 Å². The number of rotatable bonds is 4. The van der Waals surface area contributed by atoms with Gasteiger partial charge in [0.15, 0.2) is 5.82 Å². The number of nitriles is 2. The van der Waals surface area contributed by atoms with Crippen molar-refractivity contribution >= 4 is 23.3 Å². The molecule has 2 atom stereocenters. The summed E-state index contributed by atoms with van der Waals surface area (Å²) in [6.07, 6.45) is 1.95. The van der Waals surface area contributed by atoms with Crippen molar-refractivity contribution in [1.82, 2.24) is 9.97 Å². The van der Waals surface area contributed by atoms with Gasteiger partial charge in [0.1, 0.15) is 17.3 Å². The van der Waals surface area contributed by atoms with Crippen molar-refractivity contribution in [2.24, 2.45) is 5.92 Å². The van der Waals surface area contributed by atoms with Crippen molar-refractivity contribution in [1.29, 1.82) is 10.5 Å². The monoisotopic (exact) mass is 401 g/mol. The van der Waals surface area contributed by atoms with Crippen LogP contribution >= 0.6 is 11.6 Å². The van der Waals surface area contributed by atoms with Crippen LogP contribution in [0.15, 0.2) is 30.6 Å². The Kier molecular flexibility index (Phi) is 5.53. The van der Waals surface area contributed by atoms with E-state index in [0.29, 0.717) is 5.56 Å². The van der Waals surface area contributed by atoms with Gasteiger partial charge in [-0.15, -0.1) is 0 Å². The van der Waals surface area contributed by atoms with Crippen molar-refractivity contribution < 1.29 is 13.6 Å². The van der Waals surface area contributed by atoms with Crippen LogP contribution in [0.5, 0.6) is 0 Å².